The van der Waals surface area contributed by atoms with Crippen LogP contribution in [0.25, 0.3) is 0 Å². The van der Waals surface area contributed by atoms with Gasteiger partial charge in [-0.3, -0.25) is 0 Å². The molecule has 1 aromatic rings. The van der Waals surface area contributed by atoms with E-state index in [9.17, 15) is 0 Å². The van der Waals surface area contributed by atoms with Crippen LogP contribution in [-0.4, -0.2) is 37.6 Å². The third kappa shape index (κ3) is 2.96. The van der Waals surface area contributed by atoms with Gasteiger partial charge < -0.3 is 18.8 Å². The van der Waals surface area contributed by atoms with E-state index in [0.717, 1.165) is 24.2 Å². The molecule has 21 heavy (non-hydrogen) atoms. The standard InChI is InChI=1S/C16H23BO4/c1-15(2)16(3,4)21-17(20-15)12-6-5-7-13(10-12)19-14-8-9-18-11-14/h5-7,10,14H,8-9,11H2,1-4H3/t14-/m0/s1. The van der Waals surface area contributed by atoms with Crippen molar-refractivity contribution < 1.29 is 18.8 Å². The molecule has 0 aromatic heterocycles. The summed E-state index contributed by atoms with van der Waals surface area (Å²) in [5.74, 6) is 0.845. The highest BCUT2D eigenvalue weighted by Gasteiger charge is 2.51. The summed E-state index contributed by atoms with van der Waals surface area (Å²) in [7, 11) is -0.349. The van der Waals surface area contributed by atoms with Gasteiger partial charge >= 0.3 is 7.12 Å². The first kappa shape index (κ1) is 14.9. The molecule has 2 aliphatic heterocycles. The smallest absolute Gasteiger partial charge is 0.488 e. The zero-order valence-corrected chi connectivity index (χ0v) is 13.2. The zero-order valence-electron chi connectivity index (χ0n) is 13.2. The molecule has 0 amide bonds. The average Bonchev–Trinajstić information content (AvgIpc) is 2.97. The lowest BCUT2D eigenvalue weighted by molar-refractivity contribution is 0.00578. The molecule has 1 atom stereocenters. The highest BCUT2D eigenvalue weighted by Crippen LogP contribution is 2.36. The highest BCUT2D eigenvalue weighted by molar-refractivity contribution is 6.62. The Bertz CT molecular complexity index is 493. The molecular formula is C16H23BO4. The average molecular weight is 290 g/mol. The Morgan fingerprint density at radius 1 is 1.14 bits per heavy atom. The molecule has 2 fully saturated rings. The van der Waals surface area contributed by atoms with Gasteiger partial charge in [0, 0.05) is 6.42 Å². The Balaban J connectivity index is 1.74. The third-order valence-corrected chi connectivity index (χ3v) is 4.57. The first-order valence-corrected chi connectivity index (χ1v) is 7.57. The molecule has 0 radical (unpaired) electrons. The molecule has 114 valence electrons. The lowest BCUT2D eigenvalue weighted by Crippen LogP contribution is -2.41. The molecule has 0 spiro atoms. The fourth-order valence-electron chi connectivity index (χ4n) is 2.51. The van der Waals surface area contributed by atoms with Crippen molar-refractivity contribution >= 4 is 12.6 Å². The van der Waals surface area contributed by atoms with Gasteiger partial charge in [0.15, 0.2) is 0 Å². The molecule has 4 nitrogen and oxygen atoms in total. The second-order valence-corrected chi connectivity index (χ2v) is 6.76. The molecule has 2 heterocycles. The molecule has 0 N–H and O–H groups in total. The summed E-state index contributed by atoms with van der Waals surface area (Å²) in [6, 6.07) is 7.96. The van der Waals surface area contributed by atoms with Crippen molar-refractivity contribution in [2.75, 3.05) is 13.2 Å². The predicted molar refractivity (Wildman–Crippen MR) is 82.0 cm³/mol. The van der Waals surface area contributed by atoms with Crippen molar-refractivity contribution in [2.24, 2.45) is 0 Å². The van der Waals surface area contributed by atoms with Crippen molar-refractivity contribution in [3.63, 3.8) is 0 Å². The van der Waals surface area contributed by atoms with E-state index in [0.29, 0.717) is 6.61 Å². The lowest BCUT2D eigenvalue weighted by atomic mass is 9.79. The first-order valence-electron chi connectivity index (χ1n) is 7.57. The zero-order chi connectivity index (χ0) is 15.1. The molecule has 0 aliphatic carbocycles. The largest absolute Gasteiger partial charge is 0.494 e. The summed E-state index contributed by atoms with van der Waals surface area (Å²) >= 11 is 0. The third-order valence-electron chi connectivity index (χ3n) is 4.57. The lowest BCUT2D eigenvalue weighted by Gasteiger charge is -2.32. The normalized spacial score (nSPS) is 27.0. The van der Waals surface area contributed by atoms with Gasteiger partial charge in [0.2, 0.25) is 0 Å². The summed E-state index contributed by atoms with van der Waals surface area (Å²) in [6.45, 7) is 9.68. The number of hydrogen-bond acceptors (Lipinski definition) is 4. The maximum Gasteiger partial charge on any atom is 0.494 e. The maximum absolute atomic E-state index is 6.07. The van der Waals surface area contributed by atoms with Gasteiger partial charge in [-0.15, -0.1) is 0 Å². The number of hydrogen-bond donors (Lipinski definition) is 0. The van der Waals surface area contributed by atoms with Gasteiger partial charge in [-0.05, 0) is 45.3 Å². The van der Waals surface area contributed by atoms with E-state index in [1.54, 1.807) is 0 Å². The minimum absolute atomic E-state index is 0.151. The van der Waals surface area contributed by atoms with Crippen LogP contribution >= 0.6 is 0 Å². The van der Waals surface area contributed by atoms with Crippen molar-refractivity contribution in [3.8, 4) is 5.75 Å². The predicted octanol–water partition coefficient (Wildman–Crippen LogP) is 2.15. The van der Waals surface area contributed by atoms with Crippen LogP contribution in [0.3, 0.4) is 0 Å². The minimum Gasteiger partial charge on any atom is -0.488 e. The molecular weight excluding hydrogens is 267 g/mol. The van der Waals surface area contributed by atoms with Gasteiger partial charge in [0.05, 0.1) is 24.4 Å². The van der Waals surface area contributed by atoms with Crippen LogP contribution in [0.5, 0.6) is 5.75 Å². The van der Waals surface area contributed by atoms with Crippen LogP contribution in [0.1, 0.15) is 34.1 Å². The molecule has 0 saturated carbocycles. The van der Waals surface area contributed by atoms with E-state index in [1.807, 2.05) is 24.3 Å². The summed E-state index contributed by atoms with van der Waals surface area (Å²) < 4.78 is 23.4. The quantitative estimate of drug-likeness (QED) is 0.799. The van der Waals surface area contributed by atoms with Gasteiger partial charge in [0.25, 0.3) is 0 Å². The molecule has 5 heteroatoms. The Hall–Kier alpha value is -1.04. The summed E-state index contributed by atoms with van der Waals surface area (Å²) in [5, 5.41) is 0. The van der Waals surface area contributed by atoms with Gasteiger partial charge in [-0.1, -0.05) is 12.1 Å². The molecule has 0 unspecified atom stereocenters. The van der Waals surface area contributed by atoms with E-state index >= 15 is 0 Å². The van der Waals surface area contributed by atoms with E-state index in [4.69, 9.17) is 18.8 Å². The first-order chi connectivity index (χ1) is 9.87. The second-order valence-electron chi connectivity index (χ2n) is 6.76. The molecule has 1 aromatic carbocycles. The van der Waals surface area contributed by atoms with E-state index in [-0.39, 0.29) is 24.4 Å². The molecule has 0 bridgehead atoms. The van der Waals surface area contributed by atoms with Crippen LogP contribution in [0, 0.1) is 0 Å². The van der Waals surface area contributed by atoms with Gasteiger partial charge in [-0.2, -0.15) is 0 Å². The number of ether oxygens (including phenoxy) is 2. The Morgan fingerprint density at radius 3 is 2.48 bits per heavy atom. The van der Waals surface area contributed by atoms with Crippen LogP contribution in [-0.2, 0) is 14.0 Å². The topological polar surface area (TPSA) is 36.9 Å². The van der Waals surface area contributed by atoms with Crippen LogP contribution < -0.4 is 10.2 Å². The van der Waals surface area contributed by atoms with Crippen LogP contribution in [0.4, 0.5) is 0 Å². The summed E-state index contributed by atoms with van der Waals surface area (Å²) in [4.78, 5) is 0. The van der Waals surface area contributed by atoms with Crippen LogP contribution in [0.2, 0.25) is 0 Å². The van der Waals surface area contributed by atoms with Crippen molar-refractivity contribution in [1.29, 1.82) is 0 Å². The molecule has 2 aliphatic rings. The maximum atomic E-state index is 6.07. The highest BCUT2D eigenvalue weighted by atomic mass is 16.7. The van der Waals surface area contributed by atoms with Crippen molar-refractivity contribution in [2.45, 2.75) is 51.4 Å². The van der Waals surface area contributed by atoms with E-state index in [1.165, 1.54) is 0 Å². The SMILES string of the molecule is CC1(C)OB(c2cccc(O[C@H]3CCOC3)c2)OC1(C)C. The number of rotatable bonds is 3. The summed E-state index contributed by atoms with van der Waals surface area (Å²) in [6.07, 6.45) is 1.10. The fraction of sp³-hybridized carbons (Fsp3) is 0.625. The van der Waals surface area contributed by atoms with Crippen molar-refractivity contribution in [3.05, 3.63) is 24.3 Å². The monoisotopic (exact) mass is 290 g/mol. The molecule has 3 rings (SSSR count). The van der Waals surface area contributed by atoms with Crippen LogP contribution in [0.15, 0.2) is 24.3 Å². The summed E-state index contributed by atoms with van der Waals surface area (Å²) in [5.41, 5.74) is 0.340. The number of benzene rings is 1. The Labute approximate surface area is 126 Å². The van der Waals surface area contributed by atoms with Crippen molar-refractivity contribution in [1.82, 2.24) is 0 Å². The van der Waals surface area contributed by atoms with E-state index < -0.39 is 0 Å². The van der Waals surface area contributed by atoms with Gasteiger partial charge in [0.1, 0.15) is 11.9 Å². The van der Waals surface area contributed by atoms with Gasteiger partial charge in [-0.25, -0.2) is 0 Å². The fourth-order valence-corrected chi connectivity index (χ4v) is 2.51. The Kier molecular flexibility index (Phi) is 3.76. The minimum atomic E-state index is -0.349. The Morgan fingerprint density at radius 2 is 1.86 bits per heavy atom. The van der Waals surface area contributed by atoms with E-state index in [2.05, 4.69) is 27.7 Å². The molecule has 2 saturated heterocycles. The second kappa shape index (κ2) is 5.31.